The Morgan fingerprint density at radius 1 is 1.36 bits per heavy atom. The molecule has 5 aliphatic carbocycles. The number of Topliss-reactive ketones (excluding diaryl/α,β-unsaturated/α-hetero) is 1. The standard InChI is InChI=1S/C32H44O7/c1-18(2)28(36)37-17-25(35)32-26(38-29(39-32)19-8-6-5-7-9-19)15-23-22-11-10-20-14-21(33)12-13-30(20,3)27(22)24(34)16-31(23,32)4/h12-14,18-19,22-24,26-27,29,34H,5-11,15-17H2,1-4H3/t22-,23-,24-,26+,27+,29+,30-,31-,32+/m0/s1/i1D3,2D3,5D2,6D2,7D2,8D2,10D2,12D,14D,17D2,18D,19D/t19?,22-,23-,24-,26+,27+,29+,30-,31-,32+. The molecule has 1 heterocycles. The summed E-state index contributed by atoms with van der Waals surface area (Å²) in [6.07, 6.45) is -25.5. The molecule has 6 rings (SSSR count). The number of aliphatic hydroxyl groups is 1. The van der Waals surface area contributed by atoms with Gasteiger partial charge in [-0.25, -0.2) is 0 Å². The maximum absolute atomic E-state index is 15.1. The van der Waals surface area contributed by atoms with Crippen LogP contribution in [0.25, 0.3) is 0 Å². The molecule has 1 aliphatic heterocycles. The zero-order valence-corrected chi connectivity index (χ0v) is 21.3. The second kappa shape index (κ2) is 9.63. The van der Waals surface area contributed by atoms with E-state index in [0.29, 0.717) is 0 Å². The molecule has 4 saturated carbocycles. The van der Waals surface area contributed by atoms with E-state index in [0.717, 1.165) is 6.08 Å². The first kappa shape index (κ1) is 11.8. The summed E-state index contributed by atoms with van der Waals surface area (Å²) >= 11 is 0. The van der Waals surface area contributed by atoms with Gasteiger partial charge in [-0.1, -0.05) is 58.3 Å². The van der Waals surface area contributed by atoms with Gasteiger partial charge in [-0.3, -0.25) is 14.4 Å². The van der Waals surface area contributed by atoms with Crippen LogP contribution in [-0.2, 0) is 28.6 Å². The molecule has 7 nitrogen and oxygen atoms in total. The molecule has 5 fully saturated rings. The van der Waals surface area contributed by atoms with Crippen LogP contribution < -0.4 is 0 Å². The van der Waals surface area contributed by atoms with E-state index in [4.69, 9.17) is 38.3 Å². The molecule has 6 aliphatic rings. The van der Waals surface area contributed by atoms with Gasteiger partial charge in [-0.15, -0.1) is 0 Å². The maximum atomic E-state index is 15.1. The van der Waals surface area contributed by atoms with Crippen LogP contribution in [0.5, 0.6) is 0 Å². The van der Waals surface area contributed by atoms with E-state index in [9.17, 15) is 16.1 Å². The van der Waals surface area contributed by atoms with E-state index in [-0.39, 0.29) is 5.57 Å². The molecule has 0 amide bonds. The lowest BCUT2D eigenvalue weighted by Gasteiger charge is -2.59. The summed E-state index contributed by atoms with van der Waals surface area (Å²) in [7, 11) is 0. The summed E-state index contributed by atoms with van der Waals surface area (Å²) in [6, 6.07) is -1.47. The van der Waals surface area contributed by atoms with Crippen molar-refractivity contribution in [3.8, 4) is 0 Å². The van der Waals surface area contributed by atoms with Crippen molar-refractivity contribution in [3.05, 3.63) is 23.8 Å². The van der Waals surface area contributed by atoms with Crippen LogP contribution in [0.4, 0.5) is 0 Å². The first-order valence-corrected chi connectivity index (χ1v) is 12.7. The molecule has 0 aromatic heterocycles. The van der Waals surface area contributed by atoms with Crippen LogP contribution in [0.3, 0.4) is 0 Å². The van der Waals surface area contributed by atoms with E-state index < -0.39 is 172 Å². The van der Waals surface area contributed by atoms with Gasteiger partial charge in [0.05, 0.1) is 23.6 Å². The fraction of sp³-hybridized carbons (Fsp3) is 0.781. The molecular weight excluding hydrogens is 496 g/mol. The Labute approximate surface area is 262 Å². The van der Waals surface area contributed by atoms with E-state index >= 15 is 4.79 Å². The first-order chi connectivity index (χ1) is 27.0. The van der Waals surface area contributed by atoms with Crippen molar-refractivity contribution in [2.24, 2.45) is 40.4 Å². The molecule has 0 aromatic carbocycles. The van der Waals surface area contributed by atoms with Crippen LogP contribution in [0, 0.1) is 40.4 Å². The molecule has 0 bridgehead atoms. The Kier molecular flexibility index (Phi) is 2.92. The summed E-state index contributed by atoms with van der Waals surface area (Å²) in [5.74, 6) is -16.6. The molecule has 0 aromatic rings. The molecule has 39 heavy (non-hydrogen) atoms. The Morgan fingerprint density at radius 2 is 2.18 bits per heavy atom. The number of esters is 1. The molecule has 1 saturated heterocycles. The van der Waals surface area contributed by atoms with Gasteiger partial charge in [-0.05, 0) is 62.4 Å². The quantitative estimate of drug-likeness (QED) is 0.485. The molecule has 7 heteroatoms. The Morgan fingerprint density at radius 3 is 2.97 bits per heavy atom. The fourth-order valence-electron chi connectivity index (χ4n) is 7.77. The van der Waals surface area contributed by atoms with Gasteiger partial charge >= 0.3 is 5.97 Å². The van der Waals surface area contributed by atoms with Gasteiger partial charge in [-0.2, -0.15) is 0 Å². The van der Waals surface area contributed by atoms with Crippen molar-refractivity contribution in [1.82, 2.24) is 0 Å². The van der Waals surface area contributed by atoms with Gasteiger partial charge in [0, 0.05) is 47.3 Å². The molecule has 214 valence electrons. The highest BCUT2D eigenvalue weighted by Gasteiger charge is 2.76. The number of aliphatic hydroxyl groups excluding tert-OH is 1. The number of ether oxygens (including phenoxy) is 3. The smallest absolute Gasteiger partial charge is 0.308 e. The van der Waals surface area contributed by atoms with Crippen molar-refractivity contribution in [2.45, 2.75) is 109 Å². The van der Waals surface area contributed by atoms with E-state index in [1.165, 1.54) is 13.8 Å². The van der Waals surface area contributed by atoms with E-state index in [2.05, 4.69) is 4.74 Å². The fourth-order valence-corrected chi connectivity index (χ4v) is 7.77. The van der Waals surface area contributed by atoms with Crippen LogP contribution >= 0.6 is 0 Å². The lowest BCUT2D eigenvalue weighted by atomic mass is 9.46. The predicted octanol–water partition coefficient (Wildman–Crippen LogP) is 4.70. The number of carbonyl (C=O) groups is 3. The molecule has 10 atom stereocenters. The summed E-state index contributed by atoms with van der Waals surface area (Å²) < 4.78 is 201. The summed E-state index contributed by atoms with van der Waals surface area (Å²) in [4.78, 5) is 41.3. The van der Waals surface area contributed by atoms with Crippen LogP contribution in [0.2, 0.25) is 0 Å². The summed E-state index contributed by atoms with van der Waals surface area (Å²) in [6.45, 7) is -9.60. The van der Waals surface area contributed by atoms with Crippen molar-refractivity contribution >= 4 is 17.5 Å². The second-order valence-corrected chi connectivity index (χ2v) is 11.3. The van der Waals surface area contributed by atoms with Crippen molar-refractivity contribution in [3.63, 3.8) is 0 Å². The molecular formula is C32H44O7. The highest BCUT2D eigenvalue weighted by molar-refractivity contribution is 6.01. The third-order valence-corrected chi connectivity index (χ3v) is 9.40. The minimum atomic E-state index is -4.20. The monoisotopic (exact) mass is 562 g/mol. The number of hydrogen-bond donors (Lipinski definition) is 1. The minimum absolute atomic E-state index is 0.328. The number of hydrogen-bond acceptors (Lipinski definition) is 7. The number of carbonyl (C=O) groups excluding carboxylic acids is 3. The van der Waals surface area contributed by atoms with E-state index in [1.54, 1.807) is 0 Å². The zero-order valence-electron chi connectivity index (χ0n) is 43.3. The topological polar surface area (TPSA) is 99.1 Å². The van der Waals surface area contributed by atoms with Gasteiger partial charge in [0.15, 0.2) is 24.2 Å². The third kappa shape index (κ3) is 3.97. The van der Waals surface area contributed by atoms with Crippen LogP contribution in [0.15, 0.2) is 23.8 Å². The van der Waals surface area contributed by atoms with Gasteiger partial charge in [0.2, 0.25) is 5.78 Å². The highest BCUT2D eigenvalue weighted by atomic mass is 16.7. The largest absolute Gasteiger partial charge is 0.457 e. The molecule has 1 unspecified atom stereocenters. The lowest BCUT2D eigenvalue weighted by Crippen LogP contribution is -2.63. The van der Waals surface area contributed by atoms with Gasteiger partial charge in [0.25, 0.3) is 0 Å². The molecule has 1 N–H and O–H groups in total. The summed E-state index contributed by atoms with van der Waals surface area (Å²) in [5.41, 5.74) is -7.20. The average Bonchev–Trinajstić information content (AvgIpc) is 3.56. The predicted molar refractivity (Wildman–Crippen MR) is 143 cm³/mol. The van der Waals surface area contributed by atoms with Crippen molar-refractivity contribution in [1.29, 1.82) is 0 Å². The Balaban J connectivity index is 1.54. The Hall–Kier alpha value is -1.83. The number of ketones is 2. The van der Waals surface area contributed by atoms with Crippen LogP contribution in [-0.4, -0.2) is 53.3 Å². The van der Waals surface area contributed by atoms with Gasteiger partial charge in [0.1, 0.15) is 0 Å². The van der Waals surface area contributed by atoms with Crippen LogP contribution in [0.1, 0.15) is 115 Å². The number of rotatable bonds is 5. The van der Waals surface area contributed by atoms with Crippen molar-refractivity contribution in [2.75, 3.05) is 6.56 Å². The minimum Gasteiger partial charge on any atom is -0.457 e. The first-order valence-electron chi connectivity index (χ1n) is 23.7. The van der Waals surface area contributed by atoms with Gasteiger partial charge < -0.3 is 19.3 Å². The number of fused-ring (bicyclic) bond motifs is 7. The number of allylic oxidation sites excluding steroid dienone is 4. The second-order valence-electron chi connectivity index (χ2n) is 11.3. The van der Waals surface area contributed by atoms with Crippen molar-refractivity contribution < 1.29 is 63.9 Å². The zero-order chi connectivity index (χ0) is 47.1. The molecule has 0 radical (unpaired) electrons. The lowest BCUT2D eigenvalue weighted by molar-refractivity contribution is -0.210. The SMILES string of the molecule is [2H]C1=C[C@@]2(C)C(=C([2H])C1=O)C([2H])([2H])C[C@@H]1[C@@H]2[C@@H](O)C[C@@]2(C)[C@H]1C[C@H]1O[C@@H](C3([2H])CC([2H])([2H])C([2H])([2H])C([2H])([2H])C3([2H])[2H])O[C@]12C(=O)C([2H])([2H])OC(=O)C([2H])(C([2H])([2H])[2H])C([2H])([2H])[2H]. The molecule has 0 spiro atoms. The Bertz CT molecular complexity index is 2000. The third-order valence-electron chi connectivity index (χ3n) is 9.40. The van der Waals surface area contributed by atoms with E-state index in [1.807, 2.05) is 0 Å². The average molecular weight is 563 g/mol. The summed E-state index contributed by atoms with van der Waals surface area (Å²) in [5, 5.41) is 12.2. The normalized spacial score (nSPS) is 65.1. The highest BCUT2D eigenvalue weighted by Crippen LogP contribution is 2.70. The maximum Gasteiger partial charge on any atom is 0.308 e.